The molecular weight excluding hydrogens is 174 g/mol. The van der Waals surface area contributed by atoms with Crippen LogP contribution in [0.3, 0.4) is 0 Å². The Morgan fingerprint density at radius 2 is 1.86 bits per heavy atom. The van der Waals surface area contributed by atoms with Gasteiger partial charge in [-0.3, -0.25) is 0 Å². The maximum atomic E-state index is 9.89. The maximum absolute atomic E-state index is 9.89. The Bertz CT molecular complexity index is 248. The monoisotopic (exact) mass is 193 g/mol. The van der Waals surface area contributed by atoms with Crippen LogP contribution >= 0.6 is 0 Å². The molecule has 1 unspecified atom stereocenters. The van der Waals surface area contributed by atoms with Gasteiger partial charge in [-0.25, -0.2) is 0 Å². The summed E-state index contributed by atoms with van der Waals surface area (Å²) < 4.78 is 0. The van der Waals surface area contributed by atoms with Gasteiger partial charge in [-0.05, 0) is 25.5 Å². The van der Waals surface area contributed by atoms with Crippen molar-refractivity contribution in [3.8, 4) is 0 Å². The minimum absolute atomic E-state index is 0.354. The van der Waals surface area contributed by atoms with Crippen LogP contribution in [-0.4, -0.2) is 17.9 Å². The predicted octanol–water partition coefficient (Wildman–Crippen LogP) is 2.63. The van der Waals surface area contributed by atoms with E-state index < -0.39 is 0 Å². The molecule has 1 rings (SSSR count). The Morgan fingerprint density at radius 1 is 1.21 bits per heavy atom. The number of aliphatic hydroxyl groups is 1. The van der Waals surface area contributed by atoms with E-state index in [1.807, 2.05) is 35.2 Å². The van der Waals surface area contributed by atoms with Crippen LogP contribution in [-0.2, 0) is 0 Å². The van der Waals surface area contributed by atoms with Gasteiger partial charge in [-0.15, -0.1) is 0 Å². The molecule has 0 aliphatic rings. The summed E-state index contributed by atoms with van der Waals surface area (Å²) in [6.07, 6.45) is 1.47. The average molecular weight is 193 g/mol. The Morgan fingerprint density at radius 3 is 2.36 bits per heavy atom. The SMILES string of the molecule is CCCC(O)N(CC)c1ccccc1. The molecule has 0 heterocycles. The van der Waals surface area contributed by atoms with Crippen molar-refractivity contribution in [2.75, 3.05) is 11.4 Å². The number of rotatable bonds is 5. The topological polar surface area (TPSA) is 23.5 Å². The highest BCUT2D eigenvalue weighted by molar-refractivity contribution is 5.46. The summed E-state index contributed by atoms with van der Waals surface area (Å²) in [5, 5.41) is 9.89. The summed E-state index contributed by atoms with van der Waals surface area (Å²) in [5.74, 6) is 0. The zero-order valence-electron chi connectivity index (χ0n) is 8.98. The molecule has 0 fully saturated rings. The van der Waals surface area contributed by atoms with E-state index in [1.54, 1.807) is 0 Å². The third-order valence-corrected chi connectivity index (χ3v) is 2.34. The molecule has 0 radical (unpaired) electrons. The Hall–Kier alpha value is -1.02. The molecule has 0 aromatic heterocycles. The molecule has 0 spiro atoms. The number of para-hydroxylation sites is 1. The normalized spacial score (nSPS) is 12.5. The molecule has 1 atom stereocenters. The number of anilines is 1. The van der Waals surface area contributed by atoms with Gasteiger partial charge in [-0.1, -0.05) is 31.5 Å². The quantitative estimate of drug-likeness (QED) is 0.727. The van der Waals surface area contributed by atoms with Crippen LogP contribution in [0.5, 0.6) is 0 Å². The van der Waals surface area contributed by atoms with Crippen molar-refractivity contribution in [1.29, 1.82) is 0 Å². The molecule has 0 bridgehead atoms. The summed E-state index contributed by atoms with van der Waals surface area (Å²) in [6.45, 7) is 4.99. The summed E-state index contributed by atoms with van der Waals surface area (Å²) >= 11 is 0. The van der Waals surface area contributed by atoms with E-state index in [9.17, 15) is 5.11 Å². The maximum Gasteiger partial charge on any atom is 0.126 e. The zero-order valence-corrected chi connectivity index (χ0v) is 8.98. The molecule has 0 saturated heterocycles. The molecule has 1 aromatic carbocycles. The number of nitrogens with zero attached hydrogens (tertiary/aromatic N) is 1. The zero-order chi connectivity index (χ0) is 10.4. The Kier molecular flexibility index (Phi) is 4.47. The highest BCUT2D eigenvalue weighted by atomic mass is 16.3. The molecule has 2 nitrogen and oxygen atoms in total. The first-order chi connectivity index (χ1) is 6.79. The van der Waals surface area contributed by atoms with E-state index in [0.29, 0.717) is 0 Å². The van der Waals surface area contributed by atoms with Crippen LogP contribution in [0.1, 0.15) is 26.7 Å². The third kappa shape index (κ3) is 2.74. The first kappa shape index (κ1) is 11.1. The van der Waals surface area contributed by atoms with Gasteiger partial charge in [0.2, 0.25) is 0 Å². The highest BCUT2D eigenvalue weighted by Gasteiger charge is 2.12. The summed E-state index contributed by atoms with van der Waals surface area (Å²) in [4.78, 5) is 2.02. The van der Waals surface area contributed by atoms with Crippen molar-refractivity contribution in [2.24, 2.45) is 0 Å². The standard InChI is InChI=1S/C12H19NO/c1-3-8-12(14)13(4-2)11-9-6-5-7-10-11/h5-7,9-10,12,14H,3-4,8H2,1-2H3. The molecule has 0 aliphatic heterocycles. The molecule has 78 valence electrons. The second kappa shape index (κ2) is 5.66. The van der Waals surface area contributed by atoms with Crippen molar-refractivity contribution in [2.45, 2.75) is 32.9 Å². The van der Waals surface area contributed by atoms with Crippen LogP contribution in [0.25, 0.3) is 0 Å². The van der Waals surface area contributed by atoms with Crippen molar-refractivity contribution in [1.82, 2.24) is 0 Å². The smallest absolute Gasteiger partial charge is 0.126 e. The van der Waals surface area contributed by atoms with Gasteiger partial charge in [0.25, 0.3) is 0 Å². The van der Waals surface area contributed by atoms with E-state index in [-0.39, 0.29) is 6.23 Å². The van der Waals surface area contributed by atoms with Crippen LogP contribution < -0.4 is 4.90 Å². The largest absolute Gasteiger partial charge is 0.374 e. The van der Waals surface area contributed by atoms with E-state index in [2.05, 4.69) is 13.8 Å². The van der Waals surface area contributed by atoms with Crippen molar-refractivity contribution in [3.63, 3.8) is 0 Å². The van der Waals surface area contributed by atoms with E-state index >= 15 is 0 Å². The van der Waals surface area contributed by atoms with Crippen LogP contribution in [0.4, 0.5) is 5.69 Å². The van der Waals surface area contributed by atoms with Gasteiger partial charge < -0.3 is 10.0 Å². The van der Waals surface area contributed by atoms with Gasteiger partial charge in [0.05, 0.1) is 0 Å². The van der Waals surface area contributed by atoms with Gasteiger partial charge >= 0.3 is 0 Å². The molecule has 0 amide bonds. The van der Waals surface area contributed by atoms with E-state index in [4.69, 9.17) is 0 Å². The number of benzene rings is 1. The fraction of sp³-hybridized carbons (Fsp3) is 0.500. The minimum atomic E-state index is -0.354. The molecule has 2 heteroatoms. The minimum Gasteiger partial charge on any atom is -0.374 e. The van der Waals surface area contributed by atoms with Crippen molar-refractivity contribution >= 4 is 5.69 Å². The lowest BCUT2D eigenvalue weighted by Crippen LogP contribution is -2.34. The van der Waals surface area contributed by atoms with Gasteiger partial charge in [0.15, 0.2) is 0 Å². The molecule has 14 heavy (non-hydrogen) atoms. The van der Waals surface area contributed by atoms with E-state index in [0.717, 1.165) is 25.1 Å². The van der Waals surface area contributed by atoms with Crippen LogP contribution in [0.2, 0.25) is 0 Å². The third-order valence-electron chi connectivity index (χ3n) is 2.34. The van der Waals surface area contributed by atoms with Gasteiger partial charge in [0.1, 0.15) is 6.23 Å². The molecule has 0 saturated carbocycles. The van der Waals surface area contributed by atoms with Crippen LogP contribution in [0, 0.1) is 0 Å². The first-order valence-electron chi connectivity index (χ1n) is 5.29. The highest BCUT2D eigenvalue weighted by Crippen LogP contribution is 2.16. The lowest BCUT2D eigenvalue weighted by atomic mass is 10.2. The second-order valence-electron chi connectivity index (χ2n) is 3.39. The van der Waals surface area contributed by atoms with Crippen molar-refractivity contribution in [3.05, 3.63) is 30.3 Å². The number of hydrogen-bond donors (Lipinski definition) is 1. The molecule has 0 aliphatic carbocycles. The second-order valence-corrected chi connectivity index (χ2v) is 3.39. The lowest BCUT2D eigenvalue weighted by Gasteiger charge is -2.28. The summed E-state index contributed by atoms with van der Waals surface area (Å²) in [6, 6.07) is 10.0. The summed E-state index contributed by atoms with van der Waals surface area (Å²) in [5.41, 5.74) is 1.09. The molecule has 1 aromatic rings. The Balaban J connectivity index is 2.71. The fourth-order valence-electron chi connectivity index (χ4n) is 1.60. The molecular formula is C12H19NO. The first-order valence-corrected chi connectivity index (χ1v) is 5.29. The van der Waals surface area contributed by atoms with Crippen LogP contribution in [0.15, 0.2) is 30.3 Å². The fourth-order valence-corrected chi connectivity index (χ4v) is 1.60. The number of hydrogen-bond acceptors (Lipinski definition) is 2. The van der Waals surface area contributed by atoms with Gasteiger partial charge in [-0.2, -0.15) is 0 Å². The molecule has 1 N–H and O–H groups in total. The van der Waals surface area contributed by atoms with E-state index in [1.165, 1.54) is 0 Å². The summed E-state index contributed by atoms with van der Waals surface area (Å²) in [7, 11) is 0. The lowest BCUT2D eigenvalue weighted by molar-refractivity contribution is 0.159. The van der Waals surface area contributed by atoms with Gasteiger partial charge in [0, 0.05) is 12.2 Å². The average Bonchev–Trinajstić information content (AvgIpc) is 2.21. The predicted molar refractivity (Wildman–Crippen MR) is 60.4 cm³/mol. The van der Waals surface area contributed by atoms with Crippen molar-refractivity contribution < 1.29 is 5.11 Å². The Labute approximate surface area is 86.2 Å². The number of aliphatic hydroxyl groups excluding tert-OH is 1.